The maximum absolute atomic E-state index is 12.0. The first-order chi connectivity index (χ1) is 16.0. The normalized spacial score (nSPS) is 18.1. The van der Waals surface area contributed by atoms with Gasteiger partial charge in [0.05, 0.1) is 13.1 Å². The summed E-state index contributed by atoms with van der Waals surface area (Å²) in [7, 11) is 0. The van der Waals surface area contributed by atoms with E-state index in [1.54, 1.807) is 12.1 Å². The van der Waals surface area contributed by atoms with Gasteiger partial charge in [0.1, 0.15) is 0 Å². The largest absolute Gasteiger partial charge is 0.368 e. The predicted octanol–water partition coefficient (Wildman–Crippen LogP) is 3.50. The molecule has 8 heteroatoms. The van der Waals surface area contributed by atoms with Gasteiger partial charge < -0.3 is 21.3 Å². The fourth-order valence-electron chi connectivity index (χ4n) is 4.40. The van der Waals surface area contributed by atoms with Gasteiger partial charge >= 0.3 is 0 Å². The van der Waals surface area contributed by atoms with Crippen LogP contribution in [0, 0.1) is 5.92 Å². The number of likely N-dealkylation sites (tertiary alicyclic amines) is 1. The average Bonchev–Trinajstić information content (AvgIpc) is 2.85. The summed E-state index contributed by atoms with van der Waals surface area (Å²) in [5.41, 5.74) is 8.02. The van der Waals surface area contributed by atoms with Crippen molar-refractivity contribution in [2.75, 3.05) is 26.2 Å². The van der Waals surface area contributed by atoms with E-state index in [0.717, 1.165) is 44.0 Å². The van der Waals surface area contributed by atoms with Crippen molar-refractivity contribution in [2.24, 2.45) is 16.6 Å². The number of primary amides is 1. The topological polar surface area (TPSA) is 99.8 Å². The van der Waals surface area contributed by atoms with Gasteiger partial charge in [0, 0.05) is 25.2 Å². The molecule has 1 aliphatic heterocycles. The van der Waals surface area contributed by atoms with Crippen LogP contribution in [-0.4, -0.2) is 48.9 Å². The highest BCUT2D eigenvalue weighted by Gasteiger charge is 2.30. The quantitative estimate of drug-likeness (QED) is 0.254. The molecule has 2 unspecified atom stereocenters. The lowest BCUT2D eigenvalue weighted by Gasteiger charge is -2.40. The third-order valence-corrected chi connectivity index (χ3v) is 6.17. The Morgan fingerprint density at radius 2 is 1.76 bits per heavy atom. The van der Waals surface area contributed by atoms with Gasteiger partial charge in [0.25, 0.3) is 5.91 Å². The van der Waals surface area contributed by atoms with Crippen molar-refractivity contribution >= 4 is 41.8 Å². The summed E-state index contributed by atoms with van der Waals surface area (Å²) in [5.74, 6) is 1.23. The van der Waals surface area contributed by atoms with Crippen LogP contribution < -0.4 is 16.4 Å². The highest BCUT2D eigenvalue weighted by Crippen LogP contribution is 2.34. The Kier molecular flexibility index (Phi) is 11.3. The van der Waals surface area contributed by atoms with Crippen molar-refractivity contribution in [3.05, 3.63) is 71.3 Å². The van der Waals surface area contributed by atoms with E-state index in [1.165, 1.54) is 5.56 Å². The fraction of sp³-hybridized carbons (Fsp3) is 0.423. The third-order valence-electron chi connectivity index (χ3n) is 6.17. The van der Waals surface area contributed by atoms with Gasteiger partial charge in [-0.3, -0.25) is 9.59 Å². The Morgan fingerprint density at radius 3 is 2.38 bits per heavy atom. The van der Waals surface area contributed by atoms with Crippen molar-refractivity contribution < 1.29 is 9.59 Å². The maximum Gasteiger partial charge on any atom is 0.251 e. The number of hydrogen-bond acceptors (Lipinski definition) is 3. The summed E-state index contributed by atoms with van der Waals surface area (Å²) in [5, 5.41) is 5.94. The minimum atomic E-state index is -0.566. The fourth-order valence-corrected chi connectivity index (χ4v) is 4.40. The number of halogens is 1. The van der Waals surface area contributed by atoms with Gasteiger partial charge in [-0.15, -0.1) is 24.0 Å². The molecule has 1 heterocycles. The Balaban J connectivity index is 0.00000408. The molecule has 0 bridgehead atoms. The van der Waals surface area contributed by atoms with Crippen LogP contribution in [0.5, 0.6) is 0 Å². The smallest absolute Gasteiger partial charge is 0.251 e. The van der Waals surface area contributed by atoms with E-state index in [4.69, 9.17) is 10.7 Å². The van der Waals surface area contributed by atoms with Crippen molar-refractivity contribution in [2.45, 2.75) is 39.2 Å². The van der Waals surface area contributed by atoms with E-state index < -0.39 is 5.91 Å². The number of amides is 2. The van der Waals surface area contributed by atoms with E-state index >= 15 is 0 Å². The highest BCUT2D eigenvalue weighted by molar-refractivity contribution is 14.0. The molecule has 0 radical (unpaired) electrons. The number of rotatable bonds is 8. The number of piperidine rings is 1. The summed E-state index contributed by atoms with van der Waals surface area (Å²) in [4.78, 5) is 30.1. The van der Waals surface area contributed by atoms with E-state index in [1.807, 2.05) is 12.1 Å². The number of aliphatic imine (C=N–C) groups is 1. The standard InChI is InChI=1S/C26H35N5O2.HI/c1-3-20-18-31(15-14-23(20)21-8-6-5-7-9-21)26(28-4-2)30-16-19-10-12-22(13-11-19)25(33)29-17-24(27)32;/h5-13,20,23H,3-4,14-18H2,1-2H3,(H2,27,32)(H,28,30)(H,29,33);1H. The molecule has 0 aliphatic carbocycles. The summed E-state index contributed by atoms with van der Waals surface area (Å²) in [6.07, 6.45) is 2.25. The van der Waals surface area contributed by atoms with Crippen molar-refractivity contribution in [1.82, 2.24) is 15.5 Å². The van der Waals surface area contributed by atoms with Crippen LogP contribution in [0.4, 0.5) is 0 Å². The Labute approximate surface area is 219 Å². The van der Waals surface area contributed by atoms with Crippen LogP contribution >= 0.6 is 24.0 Å². The number of nitrogens with zero attached hydrogens (tertiary/aromatic N) is 2. The summed E-state index contributed by atoms with van der Waals surface area (Å²) < 4.78 is 0. The Hall–Kier alpha value is -2.62. The molecule has 0 aromatic heterocycles. The van der Waals surface area contributed by atoms with E-state index in [2.05, 4.69) is 59.7 Å². The van der Waals surface area contributed by atoms with Crippen LogP contribution in [0.3, 0.4) is 0 Å². The highest BCUT2D eigenvalue weighted by atomic mass is 127. The number of nitrogens with two attached hydrogens (primary N) is 1. The molecule has 1 saturated heterocycles. The first-order valence-electron chi connectivity index (χ1n) is 11.8. The molecule has 2 aromatic carbocycles. The van der Waals surface area contributed by atoms with Gasteiger partial charge in [-0.05, 0) is 48.4 Å². The number of hydrogen-bond donors (Lipinski definition) is 3. The molecule has 4 N–H and O–H groups in total. The molecule has 2 amide bonds. The minimum absolute atomic E-state index is 0. The van der Waals surface area contributed by atoms with Crippen LogP contribution in [-0.2, 0) is 11.3 Å². The Morgan fingerprint density at radius 1 is 1.06 bits per heavy atom. The maximum atomic E-state index is 12.0. The number of carbonyl (C=O) groups is 2. The van der Waals surface area contributed by atoms with E-state index in [-0.39, 0.29) is 36.4 Å². The van der Waals surface area contributed by atoms with Gasteiger partial charge in [-0.25, -0.2) is 4.99 Å². The molecule has 0 saturated carbocycles. The van der Waals surface area contributed by atoms with Crippen molar-refractivity contribution in [3.63, 3.8) is 0 Å². The van der Waals surface area contributed by atoms with Gasteiger partial charge in [0.15, 0.2) is 5.96 Å². The van der Waals surface area contributed by atoms with Crippen LogP contribution in [0.2, 0.25) is 0 Å². The SMILES string of the molecule is CCNC(=NCc1ccc(C(=O)NCC(N)=O)cc1)N1CCC(c2ccccc2)C(CC)C1.I. The number of guanidine groups is 1. The third kappa shape index (κ3) is 7.72. The first kappa shape index (κ1) is 27.6. The van der Waals surface area contributed by atoms with Gasteiger partial charge in [-0.1, -0.05) is 55.8 Å². The second kappa shape index (κ2) is 13.9. The number of benzene rings is 2. The lowest BCUT2D eigenvalue weighted by molar-refractivity contribution is -0.117. The van der Waals surface area contributed by atoms with E-state index in [9.17, 15) is 9.59 Å². The molecule has 0 spiro atoms. The second-order valence-corrected chi connectivity index (χ2v) is 8.44. The molecule has 184 valence electrons. The van der Waals surface area contributed by atoms with Crippen molar-refractivity contribution in [1.29, 1.82) is 0 Å². The lowest BCUT2D eigenvalue weighted by atomic mass is 9.79. The zero-order chi connectivity index (χ0) is 23.6. The molecule has 2 atom stereocenters. The molecular weight excluding hydrogens is 541 g/mol. The van der Waals surface area contributed by atoms with E-state index in [0.29, 0.717) is 23.9 Å². The molecule has 2 aromatic rings. The molecule has 7 nitrogen and oxygen atoms in total. The predicted molar refractivity (Wildman–Crippen MR) is 147 cm³/mol. The molecule has 1 aliphatic rings. The summed E-state index contributed by atoms with van der Waals surface area (Å²) >= 11 is 0. The molecule has 3 rings (SSSR count). The summed E-state index contributed by atoms with van der Waals surface area (Å²) in [6.45, 7) is 7.49. The monoisotopic (exact) mass is 577 g/mol. The first-order valence-corrected chi connectivity index (χ1v) is 11.8. The summed E-state index contributed by atoms with van der Waals surface area (Å²) in [6, 6.07) is 18.1. The zero-order valence-electron chi connectivity index (χ0n) is 20.0. The minimum Gasteiger partial charge on any atom is -0.368 e. The van der Waals surface area contributed by atoms with Gasteiger partial charge in [-0.2, -0.15) is 0 Å². The van der Waals surface area contributed by atoms with Crippen LogP contribution in [0.15, 0.2) is 59.6 Å². The number of carbonyl (C=O) groups excluding carboxylic acids is 2. The van der Waals surface area contributed by atoms with Gasteiger partial charge in [0.2, 0.25) is 5.91 Å². The molecular formula is C26H36IN5O2. The van der Waals surface area contributed by atoms with Crippen LogP contribution in [0.1, 0.15) is 54.1 Å². The Bertz CT molecular complexity index is 949. The number of nitrogens with one attached hydrogen (secondary N) is 2. The molecule has 1 fully saturated rings. The van der Waals surface area contributed by atoms with Crippen molar-refractivity contribution in [3.8, 4) is 0 Å². The zero-order valence-corrected chi connectivity index (χ0v) is 22.3. The second-order valence-electron chi connectivity index (χ2n) is 8.44. The molecule has 34 heavy (non-hydrogen) atoms. The average molecular weight is 578 g/mol. The van der Waals surface area contributed by atoms with Crippen LogP contribution in [0.25, 0.3) is 0 Å². The lowest BCUT2D eigenvalue weighted by Crippen LogP contribution is -2.48.